The molecule has 1 N–H and O–H groups in total. The van der Waals surface area contributed by atoms with E-state index in [0.717, 1.165) is 12.8 Å². The van der Waals surface area contributed by atoms with E-state index in [0.29, 0.717) is 5.41 Å². The van der Waals surface area contributed by atoms with Crippen LogP contribution in [0.3, 0.4) is 0 Å². The third kappa shape index (κ3) is 1.72. The Morgan fingerprint density at radius 3 is 2.50 bits per heavy atom. The highest BCUT2D eigenvalue weighted by Gasteiger charge is 2.33. The van der Waals surface area contributed by atoms with E-state index in [1.165, 1.54) is 5.57 Å². The van der Waals surface area contributed by atoms with Gasteiger partial charge in [0.1, 0.15) is 0 Å². The maximum absolute atomic E-state index is 9.45. The predicted molar refractivity (Wildman–Crippen MR) is 51.1 cm³/mol. The van der Waals surface area contributed by atoms with Gasteiger partial charge in [-0.15, -0.1) is 0 Å². The topological polar surface area (TPSA) is 20.2 Å². The third-order valence-electron chi connectivity index (χ3n) is 2.00. The van der Waals surface area contributed by atoms with Gasteiger partial charge in [-0.2, -0.15) is 0 Å². The summed E-state index contributed by atoms with van der Waals surface area (Å²) in [6.45, 7) is 4.40. The standard InChI is InChI=1S/C8H13IO/c1-8(2)3-6(5-9)7(10)4-8/h5,7,10H,3-4H2,1-2H3/b6-5+. The molecule has 0 aromatic carbocycles. The molecule has 2 heteroatoms. The van der Waals surface area contributed by atoms with Crippen molar-refractivity contribution in [2.75, 3.05) is 0 Å². The first-order chi connectivity index (χ1) is 4.55. The van der Waals surface area contributed by atoms with Crippen LogP contribution in [-0.2, 0) is 0 Å². The summed E-state index contributed by atoms with van der Waals surface area (Å²) in [6, 6.07) is 0. The lowest BCUT2D eigenvalue weighted by Gasteiger charge is -2.14. The average Bonchev–Trinajstić information content (AvgIpc) is 2.05. The molecule has 1 fully saturated rings. The van der Waals surface area contributed by atoms with E-state index in [-0.39, 0.29) is 6.10 Å². The Bertz CT molecular complexity index is 161. The summed E-state index contributed by atoms with van der Waals surface area (Å²) in [5.74, 6) is 0. The lowest BCUT2D eigenvalue weighted by atomic mass is 9.92. The highest BCUT2D eigenvalue weighted by atomic mass is 127. The molecule has 0 radical (unpaired) electrons. The quantitative estimate of drug-likeness (QED) is 0.656. The summed E-state index contributed by atoms with van der Waals surface area (Å²) >= 11 is 2.20. The lowest BCUT2D eigenvalue weighted by molar-refractivity contribution is 0.190. The van der Waals surface area contributed by atoms with E-state index >= 15 is 0 Å². The molecule has 0 spiro atoms. The minimum atomic E-state index is -0.174. The van der Waals surface area contributed by atoms with Crippen LogP contribution in [0.1, 0.15) is 26.7 Å². The second-order valence-corrected chi connectivity index (χ2v) is 4.37. The van der Waals surface area contributed by atoms with Gasteiger partial charge in [-0.25, -0.2) is 0 Å². The van der Waals surface area contributed by atoms with Crippen molar-refractivity contribution in [1.29, 1.82) is 0 Å². The van der Waals surface area contributed by atoms with Gasteiger partial charge in [0, 0.05) is 0 Å². The monoisotopic (exact) mass is 252 g/mol. The Labute approximate surface area is 75.7 Å². The summed E-state index contributed by atoms with van der Waals surface area (Å²) in [6.07, 6.45) is 1.80. The molecule has 0 bridgehead atoms. The van der Waals surface area contributed by atoms with Gasteiger partial charge in [0.25, 0.3) is 0 Å². The molecule has 1 aliphatic carbocycles. The molecule has 0 aromatic rings. The van der Waals surface area contributed by atoms with Crippen molar-refractivity contribution in [1.82, 2.24) is 0 Å². The molecule has 0 aromatic heterocycles. The van der Waals surface area contributed by atoms with Crippen LogP contribution in [0, 0.1) is 5.41 Å². The van der Waals surface area contributed by atoms with Gasteiger partial charge >= 0.3 is 0 Å². The normalized spacial score (nSPS) is 35.2. The fourth-order valence-corrected chi connectivity index (χ4v) is 2.14. The van der Waals surface area contributed by atoms with Crippen molar-refractivity contribution < 1.29 is 5.11 Å². The van der Waals surface area contributed by atoms with Crippen LogP contribution in [0.5, 0.6) is 0 Å². The van der Waals surface area contributed by atoms with Crippen molar-refractivity contribution >= 4 is 22.6 Å². The van der Waals surface area contributed by atoms with Gasteiger partial charge in [0.15, 0.2) is 0 Å². The van der Waals surface area contributed by atoms with Gasteiger partial charge in [0.05, 0.1) is 6.10 Å². The zero-order valence-corrected chi connectivity index (χ0v) is 8.55. The Hall–Kier alpha value is 0.430. The zero-order chi connectivity index (χ0) is 7.78. The average molecular weight is 252 g/mol. The van der Waals surface area contributed by atoms with Crippen molar-refractivity contribution in [2.45, 2.75) is 32.8 Å². The van der Waals surface area contributed by atoms with E-state index < -0.39 is 0 Å². The van der Waals surface area contributed by atoms with Crippen molar-refractivity contribution in [2.24, 2.45) is 5.41 Å². The van der Waals surface area contributed by atoms with Gasteiger partial charge in [0.2, 0.25) is 0 Å². The van der Waals surface area contributed by atoms with Crippen LogP contribution in [0.4, 0.5) is 0 Å². The van der Waals surface area contributed by atoms with Crippen molar-refractivity contribution in [3.63, 3.8) is 0 Å². The van der Waals surface area contributed by atoms with Crippen LogP contribution in [0.15, 0.2) is 9.66 Å². The zero-order valence-electron chi connectivity index (χ0n) is 6.39. The molecule has 1 saturated carbocycles. The van der Waals surface area contributed by atoms with Crippen LogP contribution in [0.2, 0.25) is 0 Å². The van der Waals surface area contributed by atoms with E-state index in [1.54, 1.807) is 0 Å². The molecule has 1 aliphatic rings. The summed E-state index contributed by atoms with van der Waals surface area (Å²) in [7, 11) is 0. The SMILES string of the molecule is CC1(C)C/C(=C\I)C(O)C1. The highest BCUT2D eigenvalue weighted by molar-refractivity contribution is 14.1. The van der Waals surface area contributed by atoms with E-state index in [2.05, 4.69) is 36.4 Å². The summed E-state index contributed by atoms with van der Waals surface area (Å²) in [5.41, 5.74) is 1.52. The number of aliphatic hydroxyl groups excluding tert-OH is 1. The molecule has 0 heterocycles. The molecule has 1 rings (SSSR count). The Balaban J connectivity index is 2.71. The van der Waals surface area contributed by atoms with Gasteiger partial charge in [-0.3, -0.25) is 0 Å². The van der Waals surface area contributed by atoms with Gasteiger partial charge < -0.3 is 5.11 Å². The minimum Gasteiger partial charge on any atom is -0.389 e. The second-order valence-electron chi connectivity index (χ2n) is 3.74. The van der Waals surface area contributed by atoms with E-state index in [1.807, 2.05) is 4.08 Å². The van der Waals surface area contributed by atoms with Crippen LogP contribution in [0.25, 0.3) is 0 Å². The van der Waals surface area contributed by atoms with Crippen molar-refractivity contribution in [3.05, 3.63) is 9.66 Å². The number of hydrogen-bond acceptors (Lipinski definition) is 1. The molecule has 10 heavy (non-hydrogen) atoms. The Morgan fingerprint density at radius 1 is 1.70 bits per heavy atom. The summed E-state index contributed by atoms with van der Waals surface area (Å²) in [4.78, 5) is 0. The number of aliphatic hydroxyl groups is 1. The molecule has 1 unspecified atom stereocenters. The first-order valence-electron chi connectivity index (χ1n) is 3.52. The molecule has 1 nitrogen and oxygen atoms in total. The predicted octanol–water partition coefficient (Wildman–Crippen LogP) is 2.49. The number of halogens is 1. The fourth-order valence-electron chi connectivity index (χ4n) is 1.51. The van der Waals surface area contributed by atoms with E-state index in [4.69, 9.17) is 0 Å². The molecule has 1 atom stereocenters. The first kappa shape index (κ1) is 8.53. The highest BCUT2D eigenvalue weighted by Crippen LogP contribution is 2.40. The molecule has 58 valence electrons. The van der Waals surface area contributed by atoms with Crippen molar-refractivity contribution in [3.8, 4) is 0 Å². The lowest BCUT2D eigenvalue weighted by Crippen LogP contribution is -2.07. The molecular weight excluding hydrogens is 239 g/mol. The summed E-state index contributed by atoms with van der Waals surface area (Å²) < 4.78 is 2.01. The van der Waals surface area contributed by atoms with Gasteiger partial charge in [-0.1, -0.05) is 36.4 Å². The molecule has 0 saturated heterocycles. The molecule has 0 aliphatic heterocycles. The molecular formula is C8H13IO. The largest absolute Gasteiger partial charge is 0.389 e. The smallest absolute Gasteiger partial charge is 0.0762 e. The van der Waals surface area contributed by atoms with Crippen LogP contribution < -0.4 is 0 Å². The third-order valence-corrected chi connectivity index (χ3v) is 2.80. The maximum Gasteiger partial charge on any atom is 0.0762 e. The van der Waals surface area contributed by atoms with Crippen LogP contribution >= 0.6 is 22.6 Å². The summed E-state index contributed by atoms with van der Waals surface area (Å²) in [5, 5.41) is 9.45. The Kier molecular flexibility index (Phi) is 2.40. The minimum absolute atomic E-state index is 0.174. The molecule has 0 amide bonds. The first-order valence-corrected chi connectivity index (χ1v) is 4.77. The number of rotatable bonds is 0. The van der Waals surface area contributed by atoms with Crippen LogP contribution in [-0.4, -0.2) is 11.2 Å². The Morgan fingerprint density at radius 2 is 2.30 bits per heavy atom. The maximum atomic E-state index is 9.45. The second kappa shape index (κ2) is 2.81. The number of hydrogen-bond donors (Lipinski definition) is 1. The van der Waals surface area contributed by atoms with E-state index in [9.17, 15) is 5.11 Å². The fraction of sp³-hybridized carbons (Fsp3) is 0.750. The van der Waals surface area contributed by atoms with Gasteiger partial charge in [-0.05, 0) is 27.9 Å².